The average molecular weight is 119 g/mol. The van der Waals surface area contributed by atoms with E-state index < -0.39 is 5.67 Å². The molecule has 0 aromatic carbocycles. The van der Waals surface area contributed by atoms with Crippen LogP contribution in [-0.2, 0) is 4.74 Å². The Bertz CT molecular complexity index is 80.5. The van der Waals surface area contributed by atoms with E-state index in [-0.39, 0.29) is 13.2 Å². The summed E-state index contributed by atoms with van der Waals surface area (Å²) in [7, 11) is 0. The van der Waals surface area contributed by atoms with Gasteiger partial charge in [-0.3, -0.25) is 0 Å². The van der Waals surface area contributed by atoms with E-state index in [0.717, 1.165) is 0 Å². The lowest BCUT2D eigenvalue weighted by Crippen LogP contribution is -2.32. The van der Waals surface area contributed by atoms with E-state index in [1.54, 1.807) is 0 Å². The van der Waals surface area contributed by atoms with E-state index in [1.165, 1.54) is 0 Å². The molecule has 0 aromatic heterocycles. The molecule has 3 heteroatoms. The number of rotatable bonds is 1. The van der Waals surface area contributed by atoms with Gasteiger partial charge >= 0.3 is 0 Å². The molecule has 8 heavy (non-hydrogen) atoms. The lowest BCUT2D eigenvalue weighted by atomic mass is 10.1. The van der Waals surface area contributed by atoms with E-state index in [2.05, 4.69) is 0 Å². The van der Waals surface area contributed by atoms with Crippen LogP contribution in [0.5, 0.6) is 0 Å². The molecule has 1 aliphatic heterocycles. The highest BCUT2D eigenvalue weighted by Crippen LogP contribution is 2.20. The lowest BCUT2D eigenvalue weighted by Gasteiger charge is -2.12. The van der Waals surface area contributed by atoms with Crippen LogP contribution in [0.4, 0.5) is 4.39 Å². The summed E-state index contributed by atoms with van der Waals surface area (Å²) < 4.78 is 17.6. The molecular weight excluding hydrogens is 109 g/mol. The minimum absolute atomic E-state index is 0.0903. The van der Waals surface area contributed by atoms with Crippen molar-refractivity contribution in [3.05, 3.63) is 0 Å². The zero-order valence-electron chi connectivity index (χ0n) is 4.69. The minimum atomic E-state index is -1.21. The summed E-state index contributed by atoms with van der Waals surface area (Å²) in [6, 6.07) is 0. The van der Waals surface area contributed by atoms with Crippen LogP contribution in [0.3, 0.4) is 0 Å². The van der Waals surface area contributed by atoms with Crippen molar-refractivity contribution in [1.82, 2.24) is 0 Å². The first kappa shape index (κ1) is 5.98. The lowest BCUT2D eigenvalue weighted by molar-refractivity contribution is 0.118. The molecule has 2 N–H and O–H groups in total. The van der Waals surface area contributed by atoms with Gasteiger partial charge in [0, 0.05) is 19.6 Å². The van der Waals surface area contributed by atoms with Crippen molar-refractivity contribution in [1.29, 1.82) is 0 Å². The highest BCUT2D eigenvalue weighted by Gasteiger charge is 2.32. The molecule has 1 fully saturated rings. The van der Waals surface area contributed by atoms with Gasteiger partial charge in [0.25, 0.3) is 0 Å². The molecule has 0 spiro atoms. The summed E-state index contributed by atoms with van der Waals surface area (Å²) in [6.07, 6.45) is 0.462. The van der Waals surface area contributed by atoms with Crippen molar-refractivity contribution in [3.63, 3.8) is 0 Å². The first-order valence-corrected chi connectivity index (χ1v) is 2.74. The van der Waals surface area contributed by atoms with Crippen LogP contribution >= 0.6 is 0 Å². The molecule has 0 bridgehead atoms. The molecule has 48 valence electrons. The van der Waals surface area contributed by atoms with Crippen LogP contribution in [0.25, 0.3) is 0 Å². The van der Waals surface area contributed by atoms with Gasteiger partial charge in [-0.25, -0.2) is 4.39 Å². The fraction of sp³-hybridized carbons (Fsp3) is 1.00. The number of ether oxygens (including phenoxy) is 1. The Morgan fingerprint density at radius 1 is 1.75 bits per heavy atom. The summed E-state index contributed by atoms with van der Waals surface area (Å²) >= 11 is 0. The second-order valence-electron chi connectivity index (χ2n) is 2.16. The third-order valence-electron chi connectivity index (χ3n) is 1.42. The van der Waals surface area contributed by atoms with Crippen molar-refractivity contribution in [2.75, 3.05) is 19.8 Å². The van der Waals surface area contributed by atoms with E-state index in [1.807, 2.05) is 0 Å². The van der Waals surface area contributed by atoms with Gasteiger partial charge in [-0.1, -0.05) is 0 Å². The Kier molecular flexibility index (Phi) is 1.49. The van der Waals surface area contributed by atoms with E-state index >= 15 is 0 Å². The van der Waals surface area contributed by atoms with Crippen LogP contribution in [0.1, 0.15) is 6.42 Å². The molecule has 0 aliphatic carbocycles. The Morgan fingerprint density at radius 2 is 2.50 bits per heavy atom. The Labute approximate surface area is 47.8 Å². The van der Waals surface area contributed by atoms with Crippen molar-refractivity contribution >= 4 is 0 Å². The monoisotopic (exact) mass is 119 g/mol. The molecule has 0 amide bonds. The normalized spacial score (nSPS) is 38.2. The van der Waals surface area contributed by atoms with Crippen molar-refractivity contribution < 1.29 is 9.13 Å². The summed E-state index contributed by atoms with van der Waals surface area (Å²) in [5.74, 6) is 0. The standard InChI is InChI=1S/C5H10FNO/c6-5(3-7)1-2-8-4-5/h1-4,7H2/t5-/m1/s1. The zero-order valence-corrected chi connectivity index (χ0v) is 4.69. The molecule has 1 aliphatic rings. The predicted molar refractivity (Wildman–Crippen MR) is 28.3 cm³/mol. The number of hydrogen-bond acceptors (Lipinski definition) is 2. The summed E-state index contributed by atoms with van der Waals surface area (Å²) in [5, 5.41) is 0. The van der Waals surface area contributed by atoms with Gasteiger partial charge in [0.1, 0.15) is 5.67 Å². The van der Waals surface area contributed by atoms with Crippen LogP contribution in [0.2, 0.25) is 0 Å². The molecular formula is C5H10FNO. The third kappa shape index (κ3) is 0.980. The van der Waals surface area contributed by atoms with Gasteiger partial charge in [-0.15, -0.1) is 0 Å². The number of alkyl halides is 1. The second-order valence-corrected chi connectivity index (χ2v) is 2.16. The molecule has 0 saturated carbocycles. The van der Waals surface area contributed by atoms with Gasteiger partial charge in [-0.2, -0.15) is 0 Å². The van der Waals surface area contributed by atoms with Gasteiger partial charge in [-0.05, 0) is 0 Å². The van der Waals surface area contributed by atoms with E-state index in [0.29, 0.717) is 13.0 Å². The maximum atomic E-state index is 12.8. The fourth-order valence-electron chi connectivity index (χ4n) is 0.743. The minimum Gasteiger partial charge on any atom is -0.378 e. The molecule has 1 saturated heterocycles. The molecule has 1 heterocycles. The molecule has 1 atom stereocenters. The molecule has 0 aromatic rings. The van der Waals surface area contributed by atoms with E-state index in [4.69, 9.17) is 10.5 Å². The molecule has 2 nitrogen and oxygen atoms in total. The van der Waals surface area contributed by atoms with Gasteiger partial charge in [0.15, 0.2) is 0 Å². The molecule has 0 unspecified atom stereocenters. The summed E-state index contributed by atoms with van der Waals surface area (Å²) in [6.45, 7) is 0.796. The van der Waals surface area contributed by atoms with Crippen LogP contribution in [0, 0.1) is 0 Å². The maximum absolute atomic E-state index is 12.8. The Balaban J connectivity index is 2.40. The highest BCUT2D eigenvalue weighted by atomic mass is 19.1. The van der Waals surface area contributed by atoms with Crippen molar-refractivity contribution in [2.45, 2.75) is 12.1 Å². The highest BCUT2D eigenvalue weighted by molar-refractivity contribution is 4.83. The van der Waals surface area contributed by atoms with Crippen LogP contribution in [0.15, 0.2) is 0 Å². The molecule has 0 radical (unpaired) electrons. The number of hydrogen-bond donors (Lipinski definition) is 1. The largest absolute Gasteiger partial charge is 0.378 e. The first-order chi connectivity index (χ1) is 3.77. The van der Waals surface area contributed by atoms with Gasteiger partial charge in [0.05, 0.1) is 6.61 Å². The summed E-state index contributed by atoms with van der Waals surface area (Å²) in [5.41, 5.74) is 3.90. The SMILES string of the molecule is NC[C@]1(F)CCOC1. The predicted octanol–water partition coefficient (Wildman–Crippen LogP) is 0.0737. The summed E-state index contributed by atoms with van der Waals surface area (Å²) in [4.78, 5) is 0. The number of nitrogens with two attached hydrogens (primary N) is 1. The topological polar surface area (TPSA) is 35.2 Å². The maximum Gasteiger partial charge on any atom is 0.148 e. The Hall–Kier alpha value is -0.150. The van der Waals surface area contributed by atoms with Crippen LogP contribution < -0.4 is 5.73 Å². The van der Waals surface area contributed by atoms with Gasteiger partial charge in [0.2, 0.25) is 0 Å². The molecule has 1 rings (SSSR count). The first-order valence-electron chi connectivity index (χ1n) is 2.74. The van der Waals surface area contributed by atoms with Gasteiger partial charge < -0.3 is 10.5 Å². The fourth-order valence-corrected chi connectivity index (χ4v) is 0.743. The second kappa shape index (κ2) is 1.99. The smallest absolute Gasteiger partial charge is 0.148 e. The van der Waals surface area contributed by atoms with E-state index in [9.17, 15) is 4.39 Å². The Morgan fingerprint density at radius 3 is 2.75 bits per heavy atom. The van der Waals surface area contributed by atoms with Crippen molar-refractivity contribution in [2.24, 2.45) is 5.73 Å². The quantitative estimate of drug-likeness (QED) is 0.530. The average Bonchev–Trinajstić information content (AvgIpc) is 2.17. The number of halogens is 1. The zero-order chi connectivity index (χ0) is 6.04. The van der Waals surface area contributed by atoms with Crippen molar-refractivity contribution in [3.8, 4) is 0 Å². The van der Waals surface area contributed by atoms with Crippen LogP contribution in [-0.4, -0.2) is 25.4 Å². The third-order valence-corrected chi connectivity index (χ3v) is 1.42.